The Bertz CT molecular complexity index is 469. The number of benzene rings is 1. The molecule has 0 aliphatic heterocycles. The molecule has 0 N–H and O–H groups in total. The molecule has 0 bridgehead atoms. The van der Waals surface area contributed by atoms with E-state index in [1.54, 1.807) is 27.7 Å². The van der Waals surface area contributed by atoms with Gasteiger partial charge in [0.05, 0.1) is 0 Å². The first-order valence-electron chi connectivity index (χ1n) is 6.50. The van der Waals surface area contributed by atoms with Gasteiger partial charge in [0.1, 0.15) is 11.5 Å². The summed E-state index contributed by atoms with van der Waals surface area (Å²) in [5, 5.41) is 0. The summed E-state index contributed by atoms with van der Waals surface area (Å²) in [4.78, 5) is 23.9. The molecule has 0 radical (unpaired) electrons. The molecule has 0 fully saturated rings. The third-order valence-electron chi connectivity index (χ3n) is 2.70. The second-order valence-electron chi connectivity index (χ2n) is 5.89. The van der Waals surface area contributed by atoms with Crippen LogP contribution in [-0.2, 0) is 20.7 Å². The Morgan fingerprint density at radius 1 is 1.26 bits per heavy atom. The van der Waals surface area contributed by atoms with Gasteiger partial charge in [-0.2, -0.15) is 0 Å². The maximum absolute atomic E-state index is 12.1. The molecule has 1 unspecified atom stereocenters. The van der Waals surface area contributed by atoms with Crippen molar-refractivity contribution in [2.45, 2.75) is 46.6 Å². The van der Waals surface area contributed by atoms with E-state index in [4.69, 9.17) is 4.74 Å². The van der Waals surface area contributed by atoms with Gasteiger partial charge in [-0.15, -0.1) is 0 Å². The zero-order valence-corrected chi connectivity index (χ0v) is 12.3. The number of hydrogen-bond acceptors (Lipinski definition) is 3. The molecule has 1 aromatic rings. The van der Waals surface area contributed by atoms with Crippen LogP contribution in [0.2, 0.25) is 0 Å². The second-order valence-corrected chi connectivity index (χ2v) is 5.89. The summed E-state index contributed by atoms with van der Waals surface area (Å²) in [6, 6.07) is 7.74. The smallest absolute Gasteiger partial charge is 0.316 e. The summed E-state index contributed by atoms with van der Waals surface area (Å²) < 4.78 is 5.22. The maximum Gasteiger partial charge on any atom is 0.316 e. The number of rotatable bonds is 4. The lowest BCUT2D eigenvalue weighted by atomic mass is 9.98. The van der Waals surface area contributed by atoms with E-state index in [-0.39, 0.29) is 12.2 Å². The van der Waals surface area contributed by atoms with Crippen LogP contribution in [-0.4, -0.2) is 17.4 Å². The molecule has 0 aliphatic carbocycles. The molecule has 1 rings (SSSR count). The highest BCUT2D eigenvalue weighted by molar-refractivity contribution is 5.99. The number of Topliss-reactive ketones (excluding diaryl/α,β-unsaturated/α-hetero) is 1. The normalized spacial score (nSPS) is 12.9. The van der Waals surface area contributed by atoms with Crippen LogP contribution < -0.4 is 0 Å². The number of ether oxygens (including phenoxy) is 1. The van der Waals surface area contributed by atoms with Gasteiger partial charge >= 0.3 is 5.97 Å². The first-order valence-corrected chi connectivity index (χ1v) is 6.50. The van der Waals surface area contributed by atoms with Crippen molar-refractivity contribution in [3.63, 3.8) is 0 Å². The fraction of sp³-hybridized carbons (Fsp3) is 0.500. The van der Waals surface area contributed by atoms with E-state index in [0.717, 1.165) is 11.1 Å². The van der Waals surface area contributed by atoms with Gasteiger partial charge < -0.3 is 4.74 Å². The summed E-state index contributed by atoms with van der Waals surface area (Å²) in [7, 11) is 0. The van der Waals surface area contributed by atoms with Gasteiger partial charge in [-0.25, -0.2) is 0 Å². The van der Waals surface area contributed by atoms with Gasteiger partial charge in [-0.1, -0.05) is 29.8 Å². The van der Waals surface area contributed by atoms with Gasteiger partial charge in [-0.3, -0.25) is 9.59 Å². The molecule has 1 atom stereocenters. The highest BCUT2D eigenvalue weighted by Gasteiger charge is 2.26. The van der Waals surface area contributed by atoms with E-state index in [1.165, 1.54) is 0 Å². The average molecular weight is 262 g/mol. The molecule has 0 amide bonds. The van der Waals surface area contributed by atoms with Crippen LogP contribution >= 0.6 is 0 Å². The summed E-state index contributed by atoms with van der Waals surface area (Å²) in [5.74, 6) is -1.29. The number of esters is 1. The molecule has 104 valence electrons. The van der Waals surface area contributed by atoms with Crippen molar-refractivity contribution in [2.24, 2.45) is 5.92 Å². The van der Waals surface area contributed by atoms with E-state index < -0.39 is 17.5 Å². The average Bonchev–Trinajstić information content (AvgIpc) is 2.25. The molecule has 0 aromatic heterocycles. The lowest BCUT2D eigenvalue weighted by molar-refractivity contribution is -0.161. The number of hydrogen-bond donors (Lipinski definition) is 0. The maximum atomic E-state index is 12.1. The minimum Gasteiger partial charge on any atom is -0.459 e. The largest absolute Gasteiger partial charge is 0.459 e. The minimum absolute atomic E-state index is 0.111. The number of aryl methyl sites for hydroxylation is 1. The fourth-order valence-corrected chi connectivity index (χ4v) is 1.70. The number of carbonyl (C=O) groups is 2. The molecule has 0 spiro atoms. The number of ketones is 1. The topological polar surface area (TPSA) is 43.4 Å². The predicted octanol–water partition coefficient (Wildman–Crippen LogP) is 3.08. The van der Waals surface area contributed by atoms with Gasteiger partial charge in [0.15, 0.2) is 5.78 Å². The first kappa shape index (κ1) is 15.4. The zero-order chi connectivity index (χ0) is 14.6. The molecule has 0 saturated carbocycles. The Hall–Kier alpha value is -1.64. The quantitative estimate of drug-likeness (QED) is 0.618. The second kappa shape index (κ2) is 6.00. The van der Waals surface area contributed by atoms with E-state index in [1.807, 2.05) is 31.2 Å². The van der Waals surface area contributed by atoms with Gasteiger partial charge in [0, 0.05) is 6.42 Å². The molecular weight excluding hydrogens is 240 g/mol. The minimum atomic E-state index is -0.722. The van der Waals surface area contributed by atoms with Crippen molar-refractivity contribution in [3.8, 4) is 0 Å². The van der Waals surface area contributed by atoms with Gasteiger partial charge in [0.25, 0.3) is 0 Å². The molecular formula is C16H22O3. The lowest BCUT2D eigenvalue weighted by Gasteiger charge is -2.21. The van der Waals surface area contributed by atoms with Crippen LogP contribution in [0, 0.1) is 12.8 Å². The van der Waals surface area contributed by atoms with E-state index in [0.29, 0.717) is 0 Å². The molecule has 3 heteroatoms. The monoisotopic (exact) mass is 262 g/mol. The van der Waals surface area contributed by atoms with E-state index in [9.17, 15) is 9.59 Å². The number of carbonyl (C=O) groups excluding carboxylic acids is 2. The zero-order valence-electron chi connectivity index (χ0n) is 12.3. The molecule has 0 heterocycles. The van der Waals surface area contributed by atoms with Crippen LogP contribution in [0.4, 0.5) is 0 Å². The Labute approximate surface area is 115 Å². The van der Waals surface area contributed by atoms with Crippen LogP contribution in [0.15, 0.2) is 24.3 Å². The Morgan fingerprint density at radius 3 is 2.42 bits per heavy atom. The summed E-state index contributed by atoms with van der Waals surface area (Å²) in [6.07, 6.45) is 0.266. The van der Waals surface area contributed by atoms with Crippen molar-refractivity contribution in [1.29, 1.82) is 0 Å². The molecule has 0 aliphatic rings. The van der Waals surface area contributed by atoms with Crippen molar-refractivity contribution >= 4 is 11.8 Å². The van der Waals surface area contributed by atoms with E-state index in [2.05, 4.69) is 0 Å². The SMILES string of the molecule is Cc1cccc(CC(=O)C(C)C(=O)OC(C)(C)C)c1. The standard InChI is InChI=1S/C16H22O3/c1-11-7-6-8-13(9-11)10-14(17)12(2)15(18)19-16(3,4)5/h6-9,12H,10H2,1-5H3. The molecule has 3 nitrogen and oxygen atoms in total. The van der Waals surface area contributed by atoms with Crippen LogP contribution in [0.1, 0.15) is 38.8 Å². The van der Waals surface area contributed by atoms with Crippen molar-refractivity contribution in [2.75, 3.05) is 0 Å². The van der Waals surface area contributed by atoms with Crippen molar-refractivity contribution in [3.05, 3.63) is 35.4 Å². The summed E-state index contributed by atoms with van der Waals surface area (Å²) >= 11 is 0. The Morgan fingerprint density at radius 2 is 1.89 bits per heavy atom. The first-order chi connectivity index (χ1) is 8.69. The van der Waals surface area contributed by atoms with Gasteiger partial charge in [0.2, 0.25) is 0 Å². The van der Waals surface area contributed by atoms with Crippen LogP contribution in [0.25, 0.3) is 0 Å². The third-order valence-corrected chi connectivity index (χ3v) is 2.70. The highest BCUT2D eigenvalue weighted by atomic mass is 16.6. The van der Waals surface area contributed by atoms with E-state index >= 15 is 0 Å². The van der Waals surface area contributed by atoms with Crippen molar-refractivity contribution in [1.82, 2.24) is 0 Å². The Kier molecular flexibility index (Phi) is 4.87. The summed E-state index contributed by atoms with van der Waals surface area (Å²) in [6.45, 7) is 8.96. The summed E-state index contributed by atoms with van der Waals surface area (Å²) in [5.41, 5.74) is 1.48. The fourth-order valence-electron chi connectivity index (χ4n) is 1.70. The predicted molar refractivity (Wildman–Crippen MR) is 74.9 cm³/mol. The third kappa shape index (κ3) is 5.25. The molecule has 1 aromatic carbocycles. The lowest BCUT2D eigenvalue weighted by Crippen LogP contribution is -2.31. The Balaban J connectivity index is 2.65. The van der Waals surface area contributed by atoms with Crippen LogP contribution in [0.3, 0.4) is 0 Å². The van der Waals surface area contributed by atoms with Crippen LogP contribution in [0.5, 0.6) is 0 Å². The van der Waals surface area contributed by atoms with Gasteiger partial charge in [-0.05, 0) is 40.2 Å². The molecule has 0 saturated heterocycles. The molecule has 19 heavy (non-hydrogen) atoms. The van der Waals surface area contributed by atoms with Crippen molar-refractivity contribution < 1.29 is 14.3 Å². The highest BCUT2D eigenvalue weighted by Crippen LogP contribution is 2.14.